The van der Waals surface area contributed by atoms with Crippen molar-refractivity contribution in [2.24, 2.45) is 4.99 Å². The van der Waals surface area contributed by atoms with E-state index in [2.05, 4.69) is 27.0 Å². The van der Waals surface area contributed by atoms with E-state index >= 15 is 0 Å². The molecule has 1 saturated heterocycles. The minimum Gasteiger partial charge on any atom is -0.494 e. The lowest BCUT2D eigenvalue weighted by atomic mass is 10.0. The molecule has 0 amide bonds. The topological polar surface area (TPSA) is 73.6 Å². The van der Waals surface area contributed by atoms with Crippen molar-refractivity contribution in [1.29, 1.82) is 0 Å². The Bertz CT molecular complexity index is 1200. The van der Waals surface area contributed by atoms with Crippen LogP contribution in [0.25, 0.3) is 5.69 Å². The zero-order valence-corrected chi connectivity index (χ0v) is 17.7. The number of para-hydroxylation sites is 1. The number of hydrogen-bond acceptors (Lipinski definition) is 5. The van der Waals surface area contributed by atoms with E-state index in [9.17, 15) is 14.3 Å². The predicted octanol–water partition coefficient (Wildman–Crippen LogP) is 3.82. The predicted molar refractivity (Wildman–Crippen MR) is 121 cm³/mol. The highest BCUT2D eigenvalue weighted by atomic mass is 32.1. The molecule has 1 aliphatic rings. The third-order valence-electron chi connectivity index (χ3n) is 5.43. The van der Waals surface area contributed by atoms with Gasteiger partial charge in [-0.25, -0.2) is 4.39 Å². The first-order valence-electron chi connectivity index (χ1n) is 10.2. The summed E-state index contributed by atoms with van der Waals surface area (Å²) in [6.45, 7) is 2.71. The maximum Gasteiger partial charge on any atom is 0.264 e. The standard InChI is InChI=1S/C23H23FN4O2S/c24-19-8-4-5-9-20(19)28-22(30)18(21(29)26-23(28)31)14-25-17-10-12-27(13-11-17)15-16-6-2-1-3-7-16/h1-9,14,17,30H,10-13,15H2,(H,26,29,31). The van der Waals surface area contributed by atoms with Gasteiger partial charge in [0, 0.05) is 25.8 Å². The van der Waals surface area contributed by atoms with Crippen LogP contribution in [0.1, 0.15) is 24.0 Å². The van der Waals surface area contributed by atoms with Crippen LogP contribution in [0.15, 0.2) is 64.4 Å². The van der Waals surface area contributed by atoms with Gasteiger partial charge in [-0.2, -0.15) is 0 Å². The van der Waals surface area contributed by atoms with Crippen molar-refractivity contribution in [1.82, 2.24) is 14.5 Å². The number of nitrogens with zero attached hydrogens (tertiary/aromatic N) is 3. The third kappa shape index (κ3) is 4.81. The van der Waals surface area contributed by atoms with E-state index in [0.717, 1.165) is 37.0 Å². The second-order valence-corrected chi connectivity index (χ2v) is 7.94. The average Bonchev–Trinajstić information content (AvgIpc) is 2.76. The van der Waals surface area contributed by atoms with Gasteiger partial charge in [0.15, 0.2) is 4.77 Å². The number of likely N-dealkylation sites (tertiary alicyclic amines) is 1. The fraction of sp³-hybridized carbons (Fsp3) is 0.261. The summed E-state index contributed by atoms with van der Waals surface area (Å²) in [5.74, 6) is -0.987. The van der Waals surface area contributed by atoms with Crippen LogP contribution in [0.5, 0.6) is 5.88 Å². The van der Waals surface area contributed by atoms with E-state index < -0.39 is 17.3 Å². The number of aromatic nitrogens is 2. The molecule has 2 aromatic carbocycles. The molecule has 0 radical (unpaired) electrons. The van der Waals surface area contributed by atoms with Crippen molar-refractivity contribution in [3.05, 3.63) is 86.7 Å². The summed E-state index contributed by atoms with van der Waals surface area (Å²) in [7, 11) is 0. The molecule has 160 valence electrons. The van der Waals surface area contributed by atoms with Gasteiger partial charge in [0.05, 0.1) is 11.7 Å². The number of piperidine rings is 1. The SMILES string of the molecule is O=c1[nH]c(=S)n(-c2ccccc2F)c(O)c1C=NC1CCN(Cc2ccccc2)CC1. The second-order valence-electron chi connectivity index (χ2n) is 7.55. The van der Waals surface area contributed by atoms with Gasteiger partial charge in [0.25, 0.3) is 5.56 Å². The Morgan fingerprint density at radius 3 is 2.52 bits per heavy atom. The highest BCUT2D eigenvalue weighted by Gasteiger charge is 2.19. The summed E-state index contributed by atoms with van der Waals surface area (Å²) in [4.78, 5) is 21.8. The van der Waals surface area contributed by atoms with E-state index in [-0.39, 0.29) is 22.1 Å². The highest BCUT2D eigenvalue weighted by molar-refractivity contribution is 7.71. The lowest BCUT2D eigenvalue weighted by Crippen LogP contribution is -2.34. The van der Waals surface area contributed by atoms with Crippen molar-refractivity contribution in [2.75, 3.05) is 13.1 Å². The van der Waals surface area contributed by atoms with E-state index in [1.807, 2.05) is 18.2 Å². The number of aromatic hydroxyl groups is 1. The van der Waals surface area contributed by atoms with Crippen LogP contribution in [-0.4, -0.2) is 44.9 Å². The summed E-state index contributed by atoms with van der Waals surface area (Å²) in [6.07, 6.45) is 3.08. The van der Waals surface area contributed by atoms with Gasteiger partial charge in [0.1, 0.15) is 11.4 Å². The Morgan fingerprint density at radius 2 is 1.81 bits per heavy atom. The number of halogens is 1. The second kappa shape index (κ2) is 9.36. The number of hydrogen-bond donors (Lipinski definition) is 2. The molecule has 0 atom stereocenters. The van der Waals surface area contributed by atoms with E-state index in [0.29, 0.717) is 0 Å². The van der Waals surface area contributed by atoms with Crippen LogP contribution in [0.3, 0.4) is 0 Å². The number of rotatable bonds is 5. The zero-order valence-electron chi connectivity index (χ0n) is 16.9. The molecule has 6 nitrogen and oxygen atoms in total. The van der Waals surface area contributed by atoms with E-state index in [4.69, 9.17) is 12.2 Å². The Kier molecular flexibility index (Phi) is 6.39. The maximum atomic E-state index is 14.2. The summed E-state index contributed by atoms with van der Waals surface area (Å²) in [6, 6.07) is 16.3. The zero-order chi connectivity index (χ0) is 21.8. The largest absolute Gasteiger partial charge is 0.494 e. The van der Waals surface area contributed by atoms with Gasteiger partial charge in [-0.15, -0.1) is 0 Å². The quantitative estimate of drug-likeness (QED) is 0.469. The molecular weight excluding hydrogens is 415 g/mol. The van der Waals surface area contributed by atoms with Crippen molar-refractivity contribution < 1.29 is 9.50 Å². The molecular formula is C23H23FN4O2S. The van der Waals surface area contributed by atoms with Crippen LogP contribution >= 0.6 is 12.2 Å². The van der Waals surface area contributed by atoms with Gasteiger partial charge >= 0.3 is 0 Å². The molecule has 31 heavy (non-hydrogen) atoms. The Hall–Kier alpha value is -3.10. The number of H-pyrrole nitrogens is 1. The third-order valence-corrected chi connectivity index (χ3v) is 5.72. The summed E-state index contributed by atoms with van der Waals surface area (Å²) in [5, 5.41) is 10.7. The fourth-order valence-corrected chi connectivity index (χ4v) is 4.04. The molecule has 4 rings (SSSR count). The first-order valence-corrected chi connectivity index (χ1v) is 10.6. The van der Waals surface area contributed by atoms with Crippen LogP contribution in [0, 0.1) is 10.6 Å². The van der Waals surface area contributed by atoms with Gasteiger partial charge in [-0.1, -0.05) is 42.5 Å². The minimum atomic E-state index is -0.561. The molecule has 0 spiro atoms. The molecule has 1 fully saturated rings. The summed E-state index contributed by atoms with van der Waals surface area (Å²) < 4.78 is 15.3. The molecule has 3 aromatic rings. The normalized spacial score (nSPS) is 15.5. The highest BCUT2D eigenvalue weighted by Crippen LogP contribution is 2.22. The molecule has 0 saturated carbocycles. The lowest BCUT2D eigenvalue weighted by molar-refractivity contribution is 0.206. The molecule has 2 heterocycles. The van der Waals surface area contributed by atoms with Crippen LogP contribution < -0.4 is 5.56 Å². The maximum absolute atomic E-state index is 14.2. The average molecular weight is 439 g/mol. The van der Waals surface area contributed by atoms with Crippen molar-refractivity contribution >= 4 is 18.4 Å². The summed E-state index contributed by atoms with van der Waals surface area (Å²) in [5.41, 5.74) is 0.747. The number of nitrogens with one attached hydrogen (secondary N) is 1. The van der Waals surface area contributed by atoms with Gasteiger partial charge in [-0.3, -0.25) is 24.2 Å². The first-order chi connectivity index (χ1) is 15.0. The molecule has 0 bridgehead atoms. The van der Waals surface area contributed by atoms with E-state index in [1.165, 1.54) is 30.0 Å². The van der Waals surface area contributed by atoms with Gasteiger partial charge in [-0.05, 0) is 42.8 Å². The molecule has 0 unspecified atom stereocenters. The molecule has 1 aromatic heterocycles. The van der Waals surface area contributed by atoms with E-state index in [1.54, 1.807) is 6.07 Å². The minimum absolute atomic E-state index is 0.0384. The van der Waals surface area contributed by atoms with Crippen LogP contribution in [0.4, 0.5) is 4.39 Å². The number of aliphatic imine (C=N–C) groups is 1. The van der Waals surface area contributed by atoms with Gasteiger partial charge < -0.3 is 5.11 Å². The van der Waals surface area contributed by atoms with Crippen LogP contribution in [-0.2, 0) is 6.54 Å². The monoisotopic (exact) mass is 438 g/mol. The lowest BCUT2D eigenvalue weighted by Gasteiger charge is -2.30. The fourth-order valence-electron chi connectivity index (χ4n) is 3.76. The molecule has 2 N–H and O–H groups in total. The van der Waals surface area contributed by atoms with Crippen molar-refractivity contribution in [2.45, 2.75) is 25.4 Å². The summed E-state index contributed by atoms with van der Waals surface area (Å²) >= 11 is 5.13. The Balaban J connectivity index is 1.50. The molecule has 1 aliphatic heterocycles. The Morgan fingerprint density at radius 1 is 1.13 bits per heavy atom. The molecule has 0 aliphatic carbocycles. The van der Waals surface area contributed by atoms with Crippen molar-refractivity contribution in [3.63, 3.8) is 0 Å². The smallest absolute Gasteiger partial charge is 0.264 e. The first kappa shape index (κ1) is 21.1. The van der Waals surface area contributed by atoms with Gasteiger partial charge in [0.2, 0.25) is 5.88 Å². The van der Waals surface area contributed by atoms with Crippen molar-refractivity contribution in [3.8, 4) is 11.6 Å². The number of aromatic amines is 1. The number of benzene rings is 2. The van der Waals surface area contributed by atoms with Crippen LogP contribution in [0.2, 0.25) is 0 Å². The molecule has 8 heteroatoms. The Labute approximate surface area is 184 Å².